The molecule has 0 N–H and O–H groups in total. The molecule has 1 rings (SSSR count). The third kappa shape index (κ3) is 4.84. The average molecular weight is 296 g/mol. The lowest BCUT2D eigenvalue weighted by molar-refractivity contribution is -0.384. The summed E-state index contributed by atoms with van der Waals surface area (Å²) in [6.45, 7) is 4.71. The number of nitro groups is 1. The zero-order valence-corrected chi connectivity index (χ0v) is 11.7. The third-order valence-corrected chi connectivity index (χ3v) is 2.75. The number of hydrogen-bond donors (Lipinski definition) is 0. The van der Waals surface area contributed by atoms with Crippen LogP contribution < -0.4 is 4.74 Å². The maximum Gasteiger partial charge on any atom is 0.515 e. The maximum absolute atomic E-state index is 11.6. The molecule has 1 aromatic carbocycles. The summed E-state index contributed by atoms with van der Waals surface area (Å²) in [5, 5.41) is 10.5. The van der Waals surface area contributed by atoms with Crippen LogP contribution >= 0.6 is 0 Å². The summed E-state index contributed by atoms with van der Waals surface area (Å²) in [6.07, 6.45) is -1.57. The lowest BCUT2D eigenvalue weighted by Gasteiger charge is -2.23. The fraction of sp³-hybridized carbons (Fsp3) is 0.385. The number of non-ortho nitro benzene ring substituents is 1. The lowest BCUT2D eigenvalue weighted by atomic mass is 10.3. The molecule has 0 aliphatic heterocycles. The van der Waals surface area contributed by atoms with Gasteiger partial charge in [-0.25, -0.2) is 4.79 Å². The molecule has 21 heavy (non-hydrogen) atoms. The minimum Gasteiger partial charge on any atom is -0.407 e. The molecule has 1 aromatic rings. The van der Waals surface area contributed by atoms with Crippen molar-refractivity contribution in [3.05, 3.63) is 34.4 Å². The Labute approximate surface area is 121 Å². The molecule has 114 valence electrons. The van der Waals surface area contributed by atoms with Gasteiger partial charge in [-0.2, -0.15) is 0 Å². The van der Waals surface area contributed by atoms with Gasteiger partial charge in [0.05, 0.1) is 4.92 Å². The van der Waals surface area contributed by atoms with E-state index in [-0.39, 0.29) is 11.4 Å². The SMILES string of the molecule is CCN(CC)C(C=O)OC(=O)Oc1ccc([N+](=O)[O-])cc1. The summed E-state index contributed by atoms with van der Waals surface area (Å²) in [4.78, 5) is 34.0. The molecule has 0 saturated heterocycles. The summed E-state index contributed by atoms with van der Waals surface area (Å²) in [5.74, 6) is 0.0924. The van der Waals surface area contributed by atoms with E-state index < -0.39 is 17.3 Å². The van der Waals surface area contributed by atoms with Crippen LogP contribution in [0.2, 0.25) is 0 Å². The molecule has 0 saturated carbocycles. The fourth-order valence-electron chi connectivity index (χ4n) is 1.63. The standard InChI is InChI=1S/C13H16N2O6/c1-3-14(4-2)12(9-16)21-13(17)20-11-7-5-10(6-8-11)15(18)19/h5-9,12H,3-4H2,1-2H3. The van der Waals surface area contributed by atoms with E-state index in [4.69, 9.17) is 9.47 Å². The Morgan fingerprint density at radius 2 is 1.90 bits per heavy atom. The first-order chi connectivity index (χ1) is 10.0. The summed E-state index contributed by atoms with van der Waals surface area (Å²) in [6, 6.07) is 4.94. The number of likely N-dealkylation sites (N-methyl/N-ethyl adjacent to an activating group) is 1. The first-order valence-corrected chi connectivity index (χ1v) is 6.34. The van der Waals surface area contributed by atoms with Crippen LogP contribution in [0, 0.1) is 10.1 Å². The molecule has 0 aliphatic rings. The van der Waals surface area contributed by atoms with Crippen LogP contribution in [0.15, 0.2) is 24.3 Å². The van der Waals surface area contributed by atoms with E-state index in [1.54, 1.807) is 4.90 Å². The Morgan fingerprint density at radius 3 is 2.33 bits per heavy atom. The number of aldehydes is 1. The Balaban J connectivity index is 2.63. The molecular weight excluding hydrogens is 280 g/mol. The van der Waals surface area contributed by atoms with Crippen LogP contribution in [0.5, 0.6) is 5.75 Å². The summed E-state index contributed by atoms with van der Waals surface area (Å²) in [7, 11) is 0. The number of nitro benzene ring substituents is 1. The molecular formula is C13H16N2O6. The summed E-state index contributed by atoms with van der Waals surface area (Å²) in [5.41, 5.74) is -0.121. The van der Waals surface area contributed by atoms with Gasteiger partial charge in [0.15, 0.2) is 6.29 Å². The predicted octanol–water partition coefficient (Wildman–Crippen LogP) is 1.98. The van der Waals surface area contributed by atoms with E-state index in [2.05, 4.69) is 0 Å². The van der Waals surface area contributed by atoms with Crippen LogP contribution in [0.1, 0.15) is 13.8 Å². The minimum absolute atomic E-state index is 0.0924. The number of carbonyl (C=O) groups excluding carboxylic acids is 2. The molecule has 8 heteroatoms. The Morgan fingerprint density at radius 1 is 1.33 bits per heavy atom. The van der Waals surface area contributed by atoms with Crippen LogP contribution in [0.3, 0.4) is 0 Å². The van der Waals surface area contributed by atoms with Crippen molar-refractivity contribution in [2.45, 2.75) is 20.1 Å². The quantitative estimate of drug-likeness (QED) is 0.189. The van der Waals surface area contributed by atoms with Gasteiger partial charge >= 0.3 is 6.16 Å². The van der Waals surface area contributed by atoms with Gasteiger partial charge in [-0.15, -0.1) is 0 Å². The van der Waals surface area contributed by atoms with E-state index in [0.717, 1.165) is 0 Å². The largest absolute Gasteiger partial charge is 0.515 e. The van der Waals surface area contributed by atoms with Gasteiger partial charge in [0.25, 0.3) is 5.69 Å². The van der Waals surface area contributed by atoms with Crippen molar-refractivity contribution in [2.24, 2.45) is 0 Å². The molecule has 0 spiro atoms. The Kier molecular flexibility index (Phi) is 6.28. The van der Waals surface area contributed by atoms with Crippen LogP contribution in [-0.2, 0) is 9.53 Å². The Bertz CT molecular complexity index is 498. The smallest absolute Gasteiger partial charge is 0.407 e. The molecule has 0 aromatic heterocycles. The third-order valence-electron chi connectivity index (χ3n) is 2.75. The highest BCUT2D eigenvalue weighted by Gasteiger charge is 2.20. The molecule has 0 aliphatic carbocycles. The molecule has 8 nitrogen and oxygen atoms in total. The topological polar surface area (TPSA) is 99.0 Å². The number of carbonyl (C=O) groups is 2. The van der Waals surface area contributed by atoms with Crippen molar-refractivity contribution in [1.29, 1.82) is 0 Å². The maximum atomic E-state index is 11.6. The lowest BCUT2D eigenvalue weighted by Crippen LogP contribution is -2.40. The van der Waals surface area contributed by atoms with Crippen molar-refractivity contribution < 1.29 is 24.0 Å². The molecule has 0 bridgehead atoms. The van der Waals surface area contributed by atoms with Gasteiger partial charge in [0, 0.05) is 12.1 Å². The second kappa shape index (κ2) is 7.95. The van der Waals surface area contributed by atoms with E-state index in [0.29, 0.717) is 19.4 Å². The molecule has 0 fully saturated rings. The monoisotopic (exact) mass is 296 g/mol. The normalized spacial score (nSPS) is 11.8. The van der Waals surface area contributed by atoms with E-state index in [1.165, 1.54) is 24.3 Å². The van der Waals surface area contributed by atoms with Crippen LogP contribution in [0.25, 0.3) is 0 Å². The predicted molar refractivity (Wildman–Crippen MR) is 73.0 cm³/mol. The molecule has 0 heterocycles. The van der Waals surface area contributed by atoms with Crippen molar-refractivity contribution in [2.75, 3.05) is 13.1 Å². The first-order valence-electron chi connectivity index (χ1n) is 6.34. The van der Waals surface area contributed by atoms with Gasteiger partial charge in [-0.3, -0.25) is 19.8 Å². The average Bonchev–Trinajstić information content (AvgIpc) is 2.47. The van der Waals surface area contributed by atoms with E-state index in [1.807, 2.05) is 13.8 Å². The highest BCUT2D eigenvalue weighted by atomic mass is 16.7. The van der Waals surface area contributed by atoms with Crippen molar-refractivity contribution >= 4 is 18.1 Å². The molecule has 0 amide bonds. The number of nitrogens with zero attached hydrogens (tertiary/aromatic N) is 2. The summed E-state index contributed by atoms with van der Waals surface area (Å²) >= 11 is 0. The highest BCUT2D eigenvalue weighted by molar-refractivity contribution is 5.68. The van der Waals surface area contributed by atoms with Gasteiger partial charge < -0.3 is 9.47 Å². The van der Waals surface area contributed by atoms with Crippen molar-refractivity contribution in [3.63, 3.8) is 0 Å². The van der Waals surface area contributed by atoms with Crippen LogP contribution in [0.4, 0.5) is 10.5 Å². The number of hydrogen-bond acceptors (Lipinski definition) is 7. The van der Waals surface area contributed by atoms with Gasteiger partial charge in [0.2, 0.25) is 6.23 Å². The fourth-order valence-corrected chi connectivity index (χ4v) is 1.63. The first kappa shape index (κ1) is 16.6. The van der Waals surface area contributed by atoms with Gasteiger partial charge in [0.1, 0.15) is 5.75 Å². The number of rotatable bonds is 7. The van der Waals surface area contributed by atoms with Crippen LogP contribution in [-0.4, -0.2) is 41.6 Å². The van der Waals surface area contributed by atoms with Crippen molar-refractivity contribution in [3.8, 4) is 5.75 Å². The molecule has 0 radical (unpaired) electrons. The number of benzene rings is 1. The van der Waals surface area contributed by atoms with Gasteiger partial charge in [-0.1, -0.05) is 13.8 Å². The second-order valence-electron chi connectivity index (χ2n) is 3.97. The zero-order valence-electron chi connectivity index (χ0n) is 11.7. The molecule has 1 atom stereocenters. The minimum atomic E-state index is -1.05. The van der Waals surface area contributed by atoms with Gasteiger partial charge in [-0.05, 0) is 25.2 Å². The highest BCUT2D eigenvalue weighted by Crippen LogP contribution is 2.18. The van der Waals surface area contributed by atoms with E-state index >= 15 is 0 Å². The van der Waals surface area contributed by atoms with Crippen molar-refractivity contribution in [1.82, 2.24) is 4.90 Å². The number of ether oxygens (including phenoxy) is 2. The zero-order chi connectivity index (χ0) is 15.8. The molecule has 1 unspecified atom stereocenters. The second-order valence-corrected chi connectivity index (χ2v) is 3.97. The summed E-state index contributed by atoms with van der Waals surface area (Å²) < 4.78 is 9.74. The van der Waals surface area contributed by atoms with E-state index in [9.17, 15) is 19.7 Å². The Hall–Kier alpha value is -2.48.